The molecule has 0 aliphatic rings. The smallest absolute Gasteiger partial charge is 0.347 e. The first kappa shape index (κ1) is 20.9. The van der Waals surface area contributed by atoms with E-state index in [0.717, 1.165) is 6.07 Å². The molecule has 9 heteroatoms. The van der Waals surface area contributed by atoms with E-state index in [1.165, 1.54) is 41.8 Å². The Labute approximate surface area is 159 Å². The number of nitrogens with one attached hydrogen (secondary N) is 2. The summed E-state index contributed by atoms with van der Waals surface area (Å²) in [6.07, 6.45) is -3.95. The summed E-state index contributed by atoms with van der Waals surface area (Å²) in [6.45, 7) is 5.37. The lowest BCUT2D eigenvalue weighted by molar-refractivity contribution is -0.137. The Bertz CT molecular complexity index is 818. The predicted molar refractivity (Wildman–Crippen MR) is 97.5 cm³/mol. The molecule has 0 saturated heterocycles. The second-order valence-electron chi connectivity index (χ2n) is 6.45. The number of amides is 2. The number of hydrogen-bond acceptors (Lipinski definition) is 4. The maximum absolute atomic E-state index is 13.0. The summed E-state index contributed by atoms with van der Waals surface area (Å²) >= 11 is 1.18. The Morgan fingerprint density at radius 1 is 1.22 bits per heavy atom. The van der Waals surface area contributed by atoms with Gasteiger partial charge in [0.25, 0.3) is 5.91 Å². The van der Waals surface area contributed by atoms with Gasteiger partial charge in [0.2, 0.25) is 5.91 Å². The summed E-state index contributed by atoms with van der Waals surface area (Å²) in [5.41, 5.74) is -1.25. The molecule has 0 unspecified atom stereocenters. The Kier molecular flexibility index (Phi) is 6.59. The van der Waals surface area contributed by atoms with Gasteiger partial charge in [-0.1, -0.05) is 26.0 Å². The zero-order valence-electron chi connectivity index (χ0n) is 15.1. The molecule has 1 heterocycles. The molecule has 2 rings (SSSR count). The van der Waals surface area contributed by atoms with Crippen LogP contribution in [0.3, 0.4) is 0 Å². The van der Waals surface area contributed by atoms with E-state index in [9.17, 15) is 22.8 Å². The third-order valence-corrected chi connectivity index (χ3v) is 4.58. The largest absolute Gasteiger partial charge is 0.418 e. The molecule has 2 N–H and O–H groups in total. The lowest BCUT2D eigenvalue weighted by atomic mass is 10.0. The number of rotatable bonds is 6. The van der Waals surface area contributed by atoms with E-state index in [-0.39, 0.29) is 29.2 Å². The molecular weight excluding hydrogens is 379 g/mol. The van der Waals surface area contributed by atoms with Gasteiger partial charge < -0.3 is 10.6 Å². The molecule has 0 spiro atoms. The lowest BCUT2D eigenvalue weighted by Crippen LogP contribution is -2.27. The number of anilines is 1. The molecule has 27 heavy (non-hydrogen) atoms. The van der Waals surface area contributed by atoms with Crippen molar-refractivity contribution in [2.24, 2.45) is 5.92 Å². The highest BCUT2D eigenvalue weighted by atomic mass is 32.1. The zero-order chi connectivity index (χ0) is 20.2. The van der Waals surface area contributed by atoms with E-state index in [2.05, 4.69) is 15.6 Å². The van der Waals surface area contributed by atoms with Crippen molar-refractivity contribution in [3.8, 4) is 0 Å². The molecule has 5 nitrogen and oxygen atoms in total. The Balaban J connectivity index is 2.21. The maximum Gasteiger partial charge on any atom is 0.418 e. The van der Waals surface area contributed by atoms with Crippen LogP contribution in [0.1, 0.15) is 54.3 Å². The first-order valence-electron chi connectivity index (χ1n) is 8.28. The van der Waals surface area contributed by atoms with Gasteiger partial charge in [-0.3, -0.25) is 9.59 Å². The van der Waals surface area contributed by atoms with Crippen LogP contribution in [-0.2, 0) is 11.0 Å². The fraction of sp³-hybridized carbons (Fsp3) is 0.389. The van der Waals surface area contributed by atoms with Crippen LogP contribution in [0.4, 0.5) is 18.9 Å². The van der Waals surface area contributed by atoms with Gasteiger partial charge in [-0.05, 0) is 24.5 Å². The number of thiazole rings is 1. The standard InChI is InChI=1S/C18H20F3N3O2S/c1-10(2)8-14(22-11(3)25)17-24-15(9-27-17)16(26)23-13-7-5-4-6-12(13)18(19,20)21/h4-7,9-10,14H,8H2,1-3H3,(H,22,25)(H,23,26)/t14-/m0/s1. The van der Waals surface area contributed by atoms with E-state index in [1.54, 1.807) is 0 Å². The Hall–Kier alpha value is -2.42. The van der Waals surface area contributed by atoms with Crippen LogP contribution in [0, 0.1) is 5.92 Å². The van der Waals surface area contributed by atoms with Gasteiger partial charge in [0.15, 0.2) is 0 Å². The van der Waals surface area contributed by atoms with Crippen molar-refractivity contribution < 1.29 is 22.8 Å². The lowest BCUT2D eigenvalue weighted by Gasteiger charge is -2.17. The SMILES string of the molecule is CC(=O)N[C@@H](CC(C)C)c1nc(C(=O)Nc2ccccc2C(F)(F)F)cs1. The summed E-state index contributed by atoms with van der Waals surface area (Å²) in [4.78, 5) is 28.0. The van der Waals surface area contributed by atoms with Crippen molar-refractivity contribution in [1.82, 2.24) is 10.3 Å². The monoisotopic (exact) mass is 399 g/mol. The second-order valence-corrected chi connectivity index (χ2v) is 7.34. The van der Waals surface area contributed by atoms with Gasteiger partial charge in [0.1, 0.15) is 10.7 Å². The number of halogens is 3. The Morgan fingerprint density at radius 3 is 2.48 bits per heavy atom. The molecule has 146 valence electrons. The molecular formula is C18H20F3N3O2S. The molecule has 2 amide bonds. The highest BCUT2D eigenvalue weighted by Gasteiger charge is 2.33. The fourth-order valence-electron chi connectivity index (χ4n) is 2.52. The van der Waals surface area contributed by atoms with Crippen LogP contribution in [0.5, 0.6) is 0 Å². The Morgan fingerprint density at radius 2 is 1.89 bits per heavy atom. The first-order valence-corrected chi connectivity index (χ1v) is 9.16. The minimum Gasteiger partial charge on any atom is -0.347 e. The minimum absolute atomic E-state index is 0.00563. The van der Waals surface area contributed by atoms with Crippen LogP contribution in [0.25, 0.3) is 0 Å². The molecule has 0 fully saturated rings. The minimum atomic E-state index is -4.58. The van der Waals surface area contributed by atoms with Crippen LogP contribution in [0.2, 0.25) is 0 Å². The van der Waals surface area contributed by atoms with Gasteiger partial charge in [0, 0.05) is 12.3 Å². The quantitative estimate of drug-likeness (QED) is 0.744. The summed E-state index contributed by atoms with van der Waals surface area (Å²) < 4.78 is 39.1. The molecule has 1 aromatic carbocycles. The van der Waals surface area contributed by atoms with Crippen molar-refractivity contribution in [3.63, 3.8) is 0 Å². The number of benzene rings is 1. The van der Waals surface area contributed by atoms with E-state index in [1.807, 2.05) is 13.8 Å². The fourth-order valence-corrected chi connectivity index (χ4v) is 3.38. The number of alkyl halides is 3. The number of carbonyl (C=O) groups excluding carboxylic acids is 2. The second kappa shape index (κ2) is 8.51. The number of nitrogens with zero attached hydrogens (tertiary/aromatic N) is 1. The summed E-state index contributed by atoms with van der Waals surface area (Å²) in [6, 6.07) is 4.40. The van der Waals surface area contributed by atoms with Crippen molar-refractivity contribution in [2.45, 2.75) is 39.4 Å². The molecule has 1 aromatic heterocycles. The van der Waals surface area contributed by atoms with E-state index in [4.69, 9.17) is 0 Å². The van der Waals surface area contributed by atoms with Gasteiger partial charge >= 0.3 is 6.18 Å². The molecule has 0 bridgehead atoms. The average molecular weight is 399 g/mol. The molecule has 0 saturated carbocycles. The topological polar surface area (TPSA) is 71.1 Å². The van der Waals surface area contributed by atoms with E-state index >= 15 is 0 Å². The maximum atomic E-state index is 13.0. The zero-order valence-corrected chi connectivity index (χ0v) is 15.9. The number of para-hydroxylation sites is 1. The molecule has 1 atom stereocenters. The number of hydrogen-bond donors (Lipinski definition) is 2. The number of carbonyl (C=O) groups is 2. The van der Waals surface area contributed by atoms with Crippen LogP contribution < -0.4 is 10.6 Å². The van der Waals surface area contributed by atoms with Crippen LogP contribution >= 0.6 is 11.3 Å². The summed E-state index contributed by atoms with van der Waals surface area (Å²) in [7, 11) is 0. The van der Waals surface area contributed by atoms with Crippen LogP contribution in [-0.4, -0.2) is 16.8 Å². The van der Waals surface area contributed by atoms with Crippen molar-refractivity contribution in [2.75, 3.05) is 5.32 Å². The van der Waals surface area contributed by atoms with E-state index < -0.39 is 17.6 Å². The highest BCUT2D eigenvalue weighted by Crippen LogP contribution is 2.34. The van der Waals surface area contributed by atoms with Gasteiger partial charge in [-0.2, -0.15) is 13.2 Å². The van der Waals surface area contributed by atoms with Gasteiger partial charge in [0.05, 0.1) is 17.3 Å². The van der Waals surface area contributed by atoms with Crippen molar-refractivity contribution in [1.29, 1.82) is 0 Å². The molecule has 0 aliphatic carbocycles. The van der Waals surface area contributed by atoms with Crippen molar-refractivity contribution >= 4 is 28.8 Å². The third kappa shape index (κ3) is 5.78. The third-order valence-electron chi connectivity index (χ3n) is 3.62. The van der Waals surface area contributed by atoms with Crippen LogP contribution in [0.15, 0.2) is 29.6 Å². The molecule has 0 radical (unpaired) electrons. The van der Waals surface area contributed by atoms with Gasteiger partial charge in [-0.25, -0.2) is 4.98 Å². The number of aromatic nitrogens is 1. The molecule has 0 aliphatic heterocycles. The predicted octanol–water partition coefficient (Wildman–Crippen LogP) is 4.64. The summed E-state index contributed by atoms with van der Waals surface area (Å²) in [5.74, 6) is -0.678. The van der Waals surface area contributed by atoms with Crippen molar-refractivity contribution in [3.05, 3.63) is 45.9 Å². The average Bonchev–Trinajstić information content (AvgIpc) is 3.03. The highest BCUT2D eigenvalue weighted by molar-refractivity contribution is 7.10. The first-order chi connectivity index (χ1) is 12.6. The normalized spacial score (nSPS) is 12.7. The summed E-state index contributed by atoms with van der Waals surface area (Å²) in [5, 5.41) is 7.06. The van der Waals surface area contributed by atoms with Gasteiger partial charge in [-0.15, -0.1) is 11.3 Å². The van der Waals surface area contributed by atoms with E-state index in [0.29, 0.717) is 11.4 Å². The molecule has 2 aromatic rings.